The minimum absolute atomic E-state index is 0.429. The minimum Gasteiger partial charge on any atom is -0.504 e. The Morgan fingerprint density at radius 2 is 1.89 bits per heavy atom. The summed E-state index contributed by atoms with van der Waals surface area (Å²) in [6, 6.07) is 14.5. The molecular weight excluding hydrogens is 452 g/mol. The molecule has 2 aromatic heterocycles. The maximum Gasteiger partial charge on any atom is 0.143 e. The van der Waals surface area contributed by atoms with Crippen LogP contribution in [0.15, 0.2) is 55.1 Å². The Morgan fingerprint density at radius 1 is 1.11 bits per heavy atom. The molecule has 0 unspecified atom stereocenters. The first kappa shape index (κ1) is 25.5. The standard InChI is InChI=1S/C28H40N4O2Si/c1-33-17-13-24-20-29-28-26(12-16-32(28)22-34-18-19-35(2,3)4)27(24)30-25-10-14-31(15-11-25)21-23-8-6-5-7-9-23/h5-9,12-13,16-17,20,25H,10-11,14-15,18-19,21-22H2,1-4H3,(H,29,30). The third kappa shape index (κ3) is 7.19. The summed E-state index contributed by atoms with van der Waals surface area (Å²) in [5.41, 5.74) is 4.51. The van der Waals surface area contributed by atoms with Crippen LogP contribution in [0.4, 0.5) is 5.69 Å². The summed E-state index contributed by atoms with van der Waals surface area (Å²) in [5, 5.41) is 4.99. The molecule has 0 amide bonds. The molecule has 3 heterocycles. The number of piperidine rings is 1. The molecule has 0 saturated carbocycles. The molecule has 0 spiro atoms. The summed E-state index contributed by atoms with van der Waals surface area (Å²) in [6.45, 7) is 11.7. The van der Waals surface area contributed by atoms with E-state index in [4.69, 9.17) is 14.5 Å². The van der Waals surface area contributed by atoms with Gasteiger partial charge in [0.25, 0.3) is 0 Å². The van der Waals surface area contributed by atoms with E-state index < -0.39 is 8.07 Å². The minimum atomic E-state index is -1.10. The van der Waals surface area contributed by atoms with Gasteiger partial charge in [-0.15, -0.1) is 0 Å². The number of nitrogens with one attached hydrogen (secondary N) is 1. The van der Waals surface area contributed by atoms with Crippen LogP contribution in [0.3, 0.4) is 0 Å². The van der Waals surface area contributed by atoms with Crippen LogP contribution in [0.5, 0.6) is 0 Å². The summed E-state index contributed by atoms with van der Waals surface area (Å²) in [4.78, 5) is 7.32. The predicted octanol–water partition coefficient (Wildman–Crippen LogP) is 6.04. The van der Waals surface area contributed by atoms with Crippen LogP contribution in [0.1, 0.15) is 24.0 Å². The van der Waals surface area contributed by atoms with Crippen molar-refractivity contribution in [1.82, 2.24) is 14.5 Å². The Labute approximate surface area is 211 Å². The number of hydrogen-bond acceptors (Lipinski definition) is 5. The summed E-state index contributed by atoms with van der Waals surface area (Å²) in [5.74, 6) is 0. The topological polar surface area (TPSA) is 51.6 Å². The van der Waals surface area contributed by atoms with Gasteiger partial charge >= 0.3 is 0 Å². The average Bonchev–Trinajstić information content (AvgIpc) is 3.26. The maximum absolute atomic E-state index is 6.01. The first-order valence-electron chi connectivity index (χ1n) is 12.7. The highest BCUT2D eigenvalue weighted by atomic mass is 28.3. The van der Waals surface area contributed by atoms with Gasteiger partial charge in [-0.2, -0.15) is 0 Å². The number of likely N-dealkylation sites (tertiary alicyclic amines) is 1. The number of benzene rings is 1. The molecule has 4 rings (SSSR count). The fourth-order valence-electron chi connectivity index (χ4n) is 4.51. The van der Waals surface area contributed by atoms with E-state index in [9.17, 15) is 0 Å². The second-order valence-electron chi connectivity index (χ2n) is 10.7. The molecule has 1 aliphatic heterocycles. The fourth-order valence-corrected chi connectivity index (χ4v) is 5.27. The number of fused-ring (bicyclic) bond motifs is 1. The lowest BCUT2D eigenvalue weighted by Gasteiger charge is -2.33. The zero-order chi connectivity index (χ0) is 24.7. The summed E-state index contributed by atoms with van der Waals surface area (Å²) >= 11 is 0. The molecule has 1 saturated heterocycles. The van der Waals surface area contributed by atoms with Crippen LogP contribution in [-0.2, 0) is 22.7 Å². The molecule has 3 aromatic rings. The monoisotopic (exact) mass is 492 g/mol. The number of ether oxygens (including phenoxy) is 2. The third-order valence-electron chi connectivity index (χ3n) is 6.61. The zero-order valence-electron chi connectivity index (χ0n) is 21.7. The molecule has 1 N–H and O–H groups in total. The highest BCUT2D eigenvalue weighted by molar-refractivity contribution is 6.76. The van der Waals surface area contributed by atoms with Gasteiger partial charge in [0, 0.05) is 63.7 Å². The van der Waals surface area contributed by atoms with Crippen LogP contribution in [-0.4, -0.2) is 55.4 Å². The van der Waals surface area contributed by atoms with Gasteiger partial charge in [0.2, 0.25) is 0 Å². The maximum atomic E-state index is 6.01. The predicted molar refractivity (Wildman–Crippen MR) is 148 cm³/mol. The molecular formula is C28H40N4O2Si. The Bertz CT molecular complexity index is 1100. The van der Waals surface area contributed by atoms with Crippen molar-refractivity contribution in [2.75, 3.05) is 32.1 Å². The fraction of sp³-hybridized carbons (Fsp3) is 0.464. The van der Waals surface area contributed by atoms with Crippen LogP contribution >= 0.6 is 0 Å². The van der Waals surface area contributed by atoms with E-state index in [0.717, 1.165) is 61.4 Å². The number of pyridine rings is 1. The number of nitrogens with zero attached hydrogens (tertiary/aromatic N) is 3. The normalized spacial score (nSPS) is 15.8. The first-order valence-corrected chi connectivity index (χ1v) is 16.4. The van der Waals surface area contributed by atoms with Gasteiger partial charge in [-0.1, -0.05) is 50.0 Å². The van der Waals surface area contributed by atoms with Crippen LogP contribution < -0.4 is 5.32 Å². The average molecular weight is 493 g/mol. The molecule has 0 radical (unpaired) electrons. The lowest BCUT2D eigenvalue weighted by atomic mass is 10.0. The second kappa shape index (κ2) is 11.9. The highest BCUT2D eigenvalue weighted by Crippen LogP contribution is 2.30. The Balaban J connectivity index is 1.44. The van der Waals surface area contributed by atoms with Gasteiger partial charge < -0.3 is 19.4 Å². The summed E-state index contributed by atoms with van der Waals surface area (Å²) in [6.07, 6.45) is 9.95. The van der Waals surface area contributed by atoms with Gasteiger partial charge in [0.15, 0.2) is 0 Å². The molecule has 35 heavy (non-hydrogen) atoms. The number of anilines is 1. The number of hydrogen-bond donors (Lipinski definition) is 1. The Hall–Kier alpha value is -2.61. The van der Waals surface area contributed by atoms with E-state index in [-0.39, 0.29) is 0 Å². The number of aromatic nitrogens is 2. The van der Waals surface area contributed by atoms with Gasteiger partial charge in [-0.3, -0.25) is 4.90 Å². The molecule has 7 heteroatoms. The van der Waals surface area contributed by atoms with Crippen LogP contribution in [0.25, 0.3) is 17.1 Å². The van der Waals surface area contributed by atoms with Crippen molar-refractivity contribution in [3.63, 3.8) is 0 Å². The SMILES string of the molecule is COC=Cc1cnc2c(ccn2COCC[Si](C)(C)C)c1NC1CCN(Cc2ccccc2)CC1. The molecule has 188 valence electrons. The van der Waals surface area contributed by atoms with Crippen molar-refractivity contribution in [1.29, 1.82) is 0 Å². The van der Waals surface area contributed by atoms with Gasteiger partial charge in [0.05, 0.1) is 19.1 Å². The van der Waals surface area contributed by atoms with Gasteiger partial charge in [-0.05, 0) is 36.6 Å². The van der Waals surface area contributed by atoms with Crippen molar-refractivity contribution >= 4 is 30.9 Å². The molecule has 0 bridgehead atoms. The van der Waals surface area contributed by atoms with E-state index in [1.807, 2.05) is 12.3 Å². The van der Waals surface area contributed by atoms with E-state index in [2.05, 4.69) is 77.0 Å². The molecule has 0 aliphatic carbocycles. The van der Waals surface area contributed by atoms with E-state index in [1.54, 1.807) is 13.4 Å². The largest absolute Gasteiger partial charge is 0.504 e. The summed E-state index contributed by atoms with van der Waals surface area (Å²) < 4.78 is 13.3. The lowest BCUT2D eigenvalue weighted by Crippen LogP contribution is -2.38. The zero-order valence-corrected chi connectivity index (χ0v) is 22.7. The van der Waals surface area contributed by atoms with Crippen molar-refractivity contribution in [2.45, 2.75) is 57.8 Å². The van der Waals surface area contributed by atoms with E-state index in [0.29, 0.717) is 12.8 Å². The van der Waals surface area contributed by atoms with Crippen molar-refractivity contribution in [2.24, 2.45) is 0 Å². The molecule has 1 aromatic carbocycles. The first-order chi connectivity index (χ1) is 16.9. The van der Waals surface area contributed by atoms with Gasteiger partial charge in [0.1, 0.15) is 12.4 Å². The lowest BCUT2D eigenvalue weighted by molar-refractivity contribution is 0.0899. The molecule has 0 atom stereocenters. The number of rotatable bonds is 11. The van der Waals surface area contributed by atoms with Crippen LogP contribution in [0, 0.1) is 0 Å². The highest BCUT2D eigenvalue weighted by Gasteiger charge is 2.21. The van der Waals surface area contributed by atoms with E-state index in [1.165, 1.54) is 11.6 Å². The van der Waals surface area contributed by atoms with Gasteiger partial charge in [-0.25, -0.2) is 4.98 Å². The Kier molecular flexibility index (Phi) is 8.65. The van der Waals surface area contributed by atoms with Crippen molar-refractivity contribution in [3.05, 3.63) is 66.2 Å². The molecule has 1 fully saturated rings. The quantitative estimate of drug-likeness (QED) is 0.201. The Morgan fingerprint density at radius 3 is 2.60 bits per heavy atom. The number of methoxy groups -OCH3 is 1. The van der Waals surface area contributed by atoms with E-state index >= 15 is 0 Å². The van der Waals surface area contributed by atoms with Crippen LogP contribution in [0.2, 0.25) is 25.7 Å². The second-order valence-corrected chi connectivity index (χ2v) is 16.3. The molecule has 1 aliphatic rings. The van der Waals surface area contributed by atoms with Crippen molar-refractivity contribution < 1.29 is 9.47 Å². The summed E-state index contributed by atoms with van der Waals surface area (Å²) in [7, 11) is 0.576. The molecule has 6 nitrogen and oxygen atoms in total. The smallest absolute Gasteiger partial charge is 0.143 e. The third-order valence-corrected chi connectivity index (χ3v) is 8.32. The van der Waals surface area contributed by atoms with Crippen molar-refractivity contribution in [3.8, 4) is 0 Å².